The number of hydrogen-bond donors (Lipinski definition) is 4. The van der Waals surface area contributed by atoms with Crippen LogP contribution in [0.3, 0.4) is 0 Å². The second-order valence-corrected chi connectivity index (χ2v) is 4.04. The van der Waals surface area contributed by atoms with E-state index in [1.807, 2.05) is 6.92 Å². The van der Waals surface area contributed by atoms with Crippen molar-refractivity contribution in [3.63, 3.8) is 0 Å². The number of alkyl halides is 3. The largest absolute Gasteiger partial charge is 0.409 e. The number of oxime groups is 1. The summed E-state index contributed by atoms with van der Waals surface area (Å²) >= 11 is 0. The van der Waals surface area contributed by atoms with Crippen LogP contribution in [0.15, 0.2) is 5.16 Å². The minimum Gasteiger partial charge on any atom is -0.409 e. The van der Waals surface area contributed by atoms with Crippen LogP contribution in [0.1, 0.15) is 20.3 Å². The van der Waals surface area contributed by atoms with E-state index in [1.54, 1.807) is 0 Å². The van der Waals surface area contributed by atoms with Crippen LogP contribution in [0.25, 0.3) is 0 Å². The molecule has 0 radical (unpaired) electrons. The second kappa shape index (κ2) is 7.82. The van der Waals surface area contributed by atoms with Crippen LogP contribution in [0, 0.1) is 5.92 Å². The minimum atomic E-state index is -4.65. The lowest BCUT2D eigenvalue weighted by molar-refractivity contribution is -0.155. The molecule has 0 rings (SSSR count). The molecule has 0 saturated carbocycles. The van der Waals surface area contributed by atoms with Gasteiger partial charge in [-0.1, -0.05) is 12.1 Å². The van der Waals surface area contributed by atoms with Gasteiger partial charge in [0.2, 0.25) is 5.91 Å². The van der Waals surface area contributed by atoms with Crippen molar-refractivity contribution in [2.24, 2.45) is 16.8 Å². The molecule has 0 spiro atoms. The highest BCUT2D eigenvalue weighted by Gasteiger charge is 2.42. The van der Waals surface area contributed by atoms with Crippen molar-refractivity contribution in [2.75, 3.05) is 13.1 Å². The first-order valence-corrected chi connectivity index (χ1v) is 5.79. The molecule has 0 aliphatic carbocycles. The number of nitrogens with zero attached hydrogens (tertiary/aromatic N) is 1. The third kappa shape index (κ3) is 6.27. The Morgan fingerprint density at radius 2 is 2.05 bits per heavy atom. The average Bonchev–Trinajstić information content (AvgIpc) is 2.33. The Bertz CT molecular complexity index is 320. The van der Waals surface area contributed by atoms with Crippen LogP contribution in [0.2, 0.25) is 0 Å². The molecule has 19 heavy (non-hydrogen) atoms. The van der Waals surface area contributed by atoms with Gasteiger partial charge in [0.1, 0.15) is 5.92 Å². The Hall–Kier alpha value is -1.51. The van der Waals surface area contributed by atoms with E-state index in [9.17, 15) is 18.0 Å². The lowest BCUT2D eigenvalue weighted by Crippen LogP contribution is -2.49. The van der Waals surface area contributed by atoms with Crippen LogP contribution >= 0.6 is 0 Å². The van der Waals surface area contributed by atoms with Gasteiger partial charge in [-0.15, -0.1) is 0 Å². The third-order valence-electron chi connectivity index (χ3n) is 2.44. The Morgan fingerprint density at radius 3 is 2.47 bits per heavy atom. The normalized spacial score (nSPS) is 15.9. The molecular weight excluding hydrogens is 265 g/mol. The summed E-state index contributed by atoms with van der Waals surface area (Å²) in [6, 6.07) is -0.803. The highest BCUT2D eigenvalue weighted by Crippen LogP contribution is 2.25. The van der Waals surface area contributed by atoms with Gasteiger partial charge in [0, 0.05) is 13.1 Å². The van der Waals surface area contributed by atoms with E-state index in [-0.39, 0.29) is 0 Å². The highest BCUT2D eigenvalue weighted by molar-refractivity contribution is 5.84. The molecule has 0 fully saturated rings. The van der Waals surface area contributed by atoms with Gasteiger partial charge >= 0.3 is 6.18 Å². The summed E-state index contributed by atoms with van der Waals surface area (Å²) in [6.45, 7) is 3.11. The topological polar surface area (TPSA) is 99.7 Å². The fraction of sp³-hybridized carbons (Fsp3) is 0.800. The third-order valence-corrected chi connectivity index (χ3v) is 2.44. The summed E-state index contributed by atoms with van der Waals surface area (Å²) in [6.07, 6.45) is -3.92. The van der Waals surface area contributed by atoms with Crippen molar-refractivity contribution in [2.45, 2.75) is 32.5 Å². The number of amidine groups is 1. The number of halogens is 3. The van der Waals surface area contributed by atoms with Crippen LogP contribution in [0.4, 0.5) is 13.2 Å². The summed E-state index contributed by atoms with van der Waals surface area (Å²) in [4.78, 5) is 11.4. The number of carbonyl (C=O) groups is 1. The smallest absolute Gasteiger partial charge is 0.400 e. The molecule has 0 aromatic carbocycles. The van der Waals surface area contributed by atoms with Gasteiger partial charge in [0.25, 0.3) is 0 Å². The van der Waals surface area contributed by atoms with Crippen LogP contribution in [0.5, 0.6) is 0 Å². The van der Waals surface area contributed by atoms with Crippen molar-refractivity contribution in [1.82, 2.24) is 10.6 Å². The molecular formula is C10H19F3N4O2. The van der Waals surface area contributed by atoms with E-state index in [0.717, 1.165) is 6.42 Å². The lowest BCUT2D eigenvalue weighted by Gasteiger charge is -2.21. The maximum atomic E-state index is 12.6. The molecule has 0 saturated heterocycles. The zero-order valence-corrected chi connectivity index (χ0v) is 10.8. The number of nitrogens with two attached hydrogens (primary N) is 1. The van der Waals surface area contributed by atoms with E-state index >= 15 is 0 Å². The van der Waals surface area contributed by atoms with Gasteiger partial charge in [-0.05, 0) is 13.3 Å². The fourth-order valence-electron chi connectivity index (χ4n) is 1.25. The summed E-state index contributed by atoms with van der Waals surface area (Å²) in [7, 11) is 0. The Morgan fingerprint density at radius 1 is 1.47 bits per heavy atom. The predicted molar refractivity (Wildman–Crippen MR) is 63.7 cm³/mol. The standard InChI is InChI=1S/C10H19F3N4O2/c1-3-4-15-9(18)6(2)16-5-7(8(14)17-19)10(11,12)13/h6-7,16,19H,3-5H2,1-2H3,(H2,14,17)(H,15,18). The molecule has 0 aliphatic heterocycles. The number of rotatable bonds is 7. The van der Waals surface area contributed by atoms with Crippen molar-refractivity contribution < 1.29 is 23.2 Å². The van der Waals surface area contributed by atoms with E-state index in [4.69, 9.17) is 10.9 Å². The Labute approximate surface area is 109 Å². The van der Waals surface area contributed by atoms with Gasteiger partial charge in [-0.2, -0.15) is 13.2 Å². The molecule has 0 bridgehead atoms. The molecule has 0 aliphatic rings. The van der Waals surface area contributed by atoms with Crippen molar-refractivity contribution in [3.05, 3.63) is 0 Å². The number of amides is 1. The molecule has 1 amide bonds. The van der Waals surface area contributed by atoms with Gasteiger partial charge in [-0.3, -0.25) is 4.79 Å². The summed E-state index contributed by atoms with van der Waals surface area (Å²) in [5.74, 6) is -3.48. The van der Waals surface area contributed by atoms with Gasteiger partial charge in [0.15, 0.2) is 5.84 Å². The van der Waals surface area contributed by atoms with Gasteiger partial charge in [-0.25, -0.2) is 0 Å². The quantitative estimate of drug-likeness (QED) is 0.235. The SMILES string of the molecule is CCCNC(=O)C(C)NCC(C(N)=NO)C(F)(F)F. The molecule has 9 heteroatoms. The lowest BCUT2D eigenvalue weighted by atomic mass is 10.1. The zero-order valence-electron chi connectivity index (χ0n) is 10.8. The van der Waals surface area contributed by atoms with Crippen molar-refractivity contribution in [3.8, 4) is 0 Å². The molecule has 0 aromatic rings. The summed E-state index contributed by atoms with van der Waals surface area (Å²) in [5, 5.41) is 15.6. The summed E-state index contributed by atoms with van der Waals surface area (Å²) in [5.41, 5.74) is 4.99. The number of carbonyl (C=O) groups excluding carboxylic acids is 1. The maximum Gasteiger partial charge on any atom is 0.400 e. The Kier molecular flexibility index (Phi) is 7.20. The maximum absolute atomic E-state index is 12.6. The van der Waals surface area contributed by atoms with E-state index in [1.165, 1.54) is 6.92 Å². The zero-order chi connectivity index (χ0) is 15.1. The van der Waals surface area contributed by atoms with E-state index in [0.29, 0.717) is 6.54 Å². The average molecular weight is 284 g/mol. The van der Waals surface area contributed by atoms with Gasteiger partial charge in [0.05, 0.1) is 6.04 Å². The highest BCUT2D eigenvalue weighted by atomic mass is 19.4. The summed E-state index contributed by atoms with van der Waals surface area (Å²) < 4.78 is 37.8. The van der Waals surface area contributed by atoms with E-state index < -0.39 is 36.4 Å². The predicted octanol–water partition coefficient (Wildman–Crippen LogP) is 0.416. The molecule has 6 nitrogen and oxygen atoms in total. The molecule has 0 aromatic heterocycles. The van der Waals surface area contributed by atoms with Crippen LogP contribution < -0.4 is 16.4 Å². The number of hydrogen-bond acceptors (Lipinski definition) is 4. The first kappa shape index (κ1) is 17.5. The van der Waals surface area contributed by atoms with Crippen molar-refractivity contribution in [1.29, 1.82) is 0 Å². The molecule has 2 atom stereocenters. The molecule has 0 heterocycles. The molecule has 112 valence electrons. The first-order valence-electron chi connectivity index (χ1n) is 5.79. The van der Waals surface area contributed by atoms with Crippen molar-refractivity contribution >= 4 is 11.7 Å². The number of nitrogens with one attached hydrogen (secondary N) is 2. The van der Waals surface area contributed by atoms with Gasteiger partial charge < -0.3 is 21.6 Å². The molecule has 2 unspecified atom stereocenters. The van der Waals surface area contributed by atoms with Crippen LogP contribution in [-0.4, -0.2) is 42.3 Å². The van der Waals surface area contributed by atoms with Crippen LogP contribution in [-0.2, 0) is 4.79 Å². The monoisotopic (exact) mass is 284 g/mol. The second-order valence-electron chi connectivity index (χ2n) is 4.04. The Balaban J connectivity index is 4.45. The first-order chi connectivity index (χ1) is 8.73. The molecule has 5 N–H and O–H groups in total. The fourth-order valence-corrected chi connectivity index (χ4v) is 1.25. The van der Waals surface area contributed by atoms with E-state index in [2.05, 4.69) is 15.8 Å². The minimum absolute atomic E-state index is 0.401.